The van der Waals surface area contributed by atoms with Crippen LogP contribution < -0.4 is 14.8 Å². The molecule has 2 unspecified atom stereocenters. The van der Waals surface area contributed by atoms with Crippen molar-refractivity contribution >= 4 is 16.1 Å². The number of hydrogen-bond donors (Lipinski definition) is 2. The van der Waals surface area contributed by atoms with Crippen molar-refractivity contribution in [2.75, 3.05) is 32.1 Å². The van der Waals surface area contributed by atoms with Crippen LogP contribution in [0.15, 0.2) is 53.4 Å². The third-order valence-corrected chi connectivity index (χ3v) is 7.00. The van der Waals surface area contributed by atoms with E-state index in [1.54, 1.807) is 19.2 Å². The predicted octanol–water partition coefficient (Wildman–Crippen LogP) is 2.65. The van der Waals surface area contributed by atoms with Gasteiger partial charge in [0.25, 0.3) is 0 Å². The van der Waals surface area contributed by atoms with Gasteiger partial charge in [-0.25, -0.2) is 0 Å². The number of methoxy groups -OCH3 is 1. The number of ether oxygens (including phenoxy) is 1. The number of likely N-dealkylation sites (tertiary alicyclic amines) is 1. The predicted molar refractivity (Wildman–Crippen MR) is 105 cm³/mol. The zero-order valence-electron chi connectivity index (χ0n) is 15.4. The monoisotopic (exact) mass is 387 g/mol. The lowest BCUT2D eigenvalue weighted by Crippen LogP contribution is -2.62. The molecule has 2 heterocycles. The van der Waals surface area contributed by atoms with E-state index in [1.807, 2.05) is 24.3 Å². The first-order chi connectivity index (χ1) is 13.0. The van der Waals surface area contributed by atoms with Crippen LogP contribution in [0.3, 0.4) is 0 Å². The van der Waals surface area contributed by atoms with Gasteiger partial charge < -0.3 is 14.6 Å². The zero-order valence-corrected chi connectivity index (χ0v) is 16.3. The van der Waals surface area contributed by atoms with E-state index in [4.69, 9.17) is 4.74 Å². The normalized spacial score (nSPS) is 28.2. The molecule has 0 bridgehead atoms. The van der Waals surface area contributed by atoms with Crippen molar-refractivity contribution < 1.29 is 13.5 Å². The van der Waals surface area contributed by atoms with Crippen LogP contribution in [-0.4, -0.2) is 41.7 Å². The van der Waals surface area contributed by atoms with E-state index in [0.29, 0.717) is 23.7 Å². The van der Waals surface area contributed by atoms with Gasteiger partial charge in [0.15, 0.2) is 15.3 Å². The summed E-state index contributed by atoms with van der Waals surface area (Å²) in [5.41, 5.74) is 1.37. The van der Waals surface area contributed by atoms with E-state index < -0.39 is 15.9 Å². The van der Waals surface area contributed by atoms with E-state index in [-0.39, 0.29) is 0 Å². The van der Waals surface area contributed by atoms with E-state index in [9.17, 15) is 8.76 Å². The van der Waals surface area contributed by atoms with Crippen LogP contribution in [0.5, 0.6) is 5.75 Å². The van der Waals surface area contributed by atoms with Crippen LogP contribution in [0.1, 0.15) is 18.4 Å². The molecule has 0 saturated carbocycles. The van der Waals surface area contributed by atoms with Crippen LogP contribution >= 0.6 is 0 Å². The number of benzene rings is 2. The molecule has 0 aromatic heterocycles. The lowest BCUT2D eigenvalue weighted by atomic mass is 9.89. The number of nitrogens with zero attached hydrogens (tertiary/aromatic N) is 1. The van der Waals surface area contributed by atoms with E-state index in [1.165, 1.54) is 5.56 Å². The fourth-order valence-corrected chi connectivity index (χ4v) is 5.67. The fraction of sp³-hybridized carbons (Fsp3) is 0.400. The molecule has 2 aliphatic heterocycles. The van der Waals surface area contributed by atoms with Gasteiger partial charge in [-0.3, -0.25) is 4.90 Å². The standard InChI is InChI=1S/C20H25N3O3S/c1-26-17-9-7-16(8-10-17)13-23-12-4-11-20(15-23)14-21-18-5-2-3-6-19(18)27(24,25)22-20/h2-3,5-10,21H,4,11-15H2,1H3,(H-,22,24,25). The lowest BCUT2D eigenvalue weighted by molar-refractivity contribution is 0.137. The molecule has 1 spiro atoms. The van der Waals surface area contributed by atoms with E-state index in [2.05, 4.69) is 27.1 Å². The number of anilines is 1. The van der Waals surface area contributed by atoms with Crippen LogP contribution in [0, 0.1) is 0 Å². The Morgan fingerprint density at radius 2 is 2.00 bits per heavy atom. The highest BCUT2D eigenvalue weighted by Crippen LogP contribution is 2.33. The molecule has 2 atom stereocenters. The molecule has 1 saturated heterocycles. The quantitative estimate of drug-likeness (QED) is 0.792. The SMILES string of the molecule is COc1ccc(CN2CCCC3(CNc4ccccc4[S+](=O)([O-])N3)C2)cc1. The third kappa shape index (κ3) is 3.87. The van der Waals surface area contributed by atoms with E-state index in [0.717, 1.165) is 31.7 Å². The average molecular weight is 388 g/mol. The van der Waals surface area contributed by atoms with Crippen molar-refractivity contribution in [1.29, 1.82) is 0 Å². The summed E-state index contributed by atoms with van der Waals surface area (Å²) in [5, 5.41) is 3.36. The number of para-hydroxylation sites is 1. The zero-order chi connectivity index (χ0) is 18.9. The van der Waals surface area contributed by atoms with Crippen LogP contribution in [0.2, 0.25) is 0 Å². The van der Waals surface area contributed by atoms with Gasteiger partial charge in [0.05, 0.1) is 18.3 Å². The molecule has 2 aromatic rings. The van der Waals surface area contributed by atoms with Crippen molar-refractivity contribution in [3.8, 4) is 5.75 Å². The molecule has 144 valence electrons. The minimum atomic E-state index is -3.55. The summed E-state index contributed by atoms with van der Waals surface area (Å²) < 4.78 is 34.1. The molecular formula is C20H25N3O3S. The molecule has 0 aliphatic carbocycles. The van der Waals surface area contributed by atoms with Gasteiger partial charge in [-0.2, -0.15) is 0 Å². The molecule has 2 aliphatic rings. The summed E-state index contributed by atoms with van der Waals surface area (Å²) in [6.07, 6.45) is 1.78. The molecule has 6 nitrogen and oxygen atoms in total. The second-order valence-electron chi connectivity index (χ2n) is 7.40. The molecule has 27 heavy (non-hydrogen) atoms. The Hall–Kier alpha value is -1.93. The first kappa shape index (κ1) is 18.4. The molecule has 4 rings (SSSR count). The summed E-state index contributed by atoms with van der Waals surface area (Å²) in [4.78, 5) is 2.65. The summed E-state index contributed by atoms with van der Waals surface area (Å²) in [6.45, 7) is 3.02. The second-order valence-corrected chi connectivity index (χ2v) is 9.05. The first-order valence-corrected chi connectivity index (χ1v) is 10.7. The highest BCUT2D eigenvalue weighted by molar-refractivity contribution is 7.96. The highest BCUT2D eigenvalue weighted by Gasteiger charge is 2.44. The van der Waals surface area contributed by atoms with Crippen LogP contribution in [0.25, 0.3) is 0 Å². The van der Waals surface area contributed by atoms with Crippen molar-refractivity contribution in [2.45, 2.75) is 29.8 Å². The molecular weight excluding hydrogens is 362 g/mol. The molecule has 2 aromatic carbocycles. The second kappa shape index (κ2) is 7.24. The number of nitrogens with one attached hydrogen (secondary N) is 2. The first-order valence-electron chi connectivity index (χ1n) is 9.22. The Morgan fingerprint density at radius 1 is 1.22 bits per heavy atom. The smallest absolute Gasteiger partial charge is 0.198 e. The third-order valence-electron chi connectivity index (χ3n) is 5.37. The minimum absolute atomic E-state index is 0.328. The Morgan fingerprint density at radius 3 is 2.78 bits per heavy atom. The minimum Gasteiger partial charge on any atom is -0.593 e. The maximum Gasteiger partial charge on any atom is 0.198 e. The Balaban J connectivity index is 1.52. The Bertz CT molecular complexity index is 858. The van der Waals surface area contributed by atoms with Gasteiger partial charge in [-0.15, -0.1) is 4.72 Å². The molecule has 1 fully saturated rings. The van der Waals surface area contributed by atoms with Gasteiger partial charge in [0.1, 0.15) is 5.75 Å². The van der Waals surface area contributed by atoms with Gasteiger partial charge >= 0.3 is 0 Å². The van der Waals surface area contributed by atoms with Gasteiger partial charge in [-0.1, -0.05) is 28.5 Å². The number of sulfonamides is 1. The van der Waals surface area contributed by atoms with Crippen LogP contribution in [0.4, 0.5) is 5.69 Å². The Labute approximate surface area is 161 Å². The lowest BCUT2D eigenvalue weighted by Gasteiger charge is -2.42. The molecule has 2 N–H and O–H groups in total. The van der Waals surface area contributed by atoms with Crippen molar-refractivity contribution in [2.24, 2.45) is 0 Å². The van der Waals surface area contributed by atoms with Crippen molar-refractivity contribution in [1.82, 2.24) is 9.62 Å². The maximum absolute atomic E-state index is 12.9. The average Bonchev–Trinajstić information content (AvgIpc) is 2.77. The molecule has 7 heteroatoms. The van der Waals surface area contributed by atoms with Crippen LogP contribution in [-0.2, 0) is 21.2 Å². The number of piperidine rings is 1. The fourth-order valence-electron chi connectivity index (χ4n) is 4.07. The highest BCUT2D eigenvalue weighted by atomic mass is 32.3. The van der Waals surface area contributed by atoms with Gasteiger partial charge in [-0.05, 0) is 49.2 Å². The number of hydrogen-bond acceptors (Lipinski definition) is 5. The summed E-state index contributed by atoms with van der Waals surface area (Å²) in [7, 11) is -1.89. The van der Waals surface area contributed by atoms with E-state index >= 15 is 0 Å². The summed E-state index contributed by atoms with van der Waals surface area (Å²) in [5.74, 6) is 0.840. The van der Waals surface area contributed by atoms with Gasteiger partial charge in [0.2, 0.25) is 0 Å². The molecule has 0 radical (unpaired) electrons. The van der Waals surface area contributed by atoms with Crippen molar-refractivity contribution in [3.63, 3.8) is 0 Å². The Kier molecular flexibility index (Phi) is 4.94. The van der Waals surface area contributed by atoms with Gasteiger partial charge in [0, 0.05) is 19.6 Å². The largest absolute Gasteiger partial charge is 0.593 e. The topological polar surface area (TPSA) is 76.7 Å². The summed E-state index contributed by atoms with van der Waals surface area (Å²) >= 11 is 0. The number of rotatable bonds is 3. The maximum atomic E-state index is 12.9. The molecule has 0 amide bonds. The summed E-state index contributed by atoms with van der Waals surface area (Å²) in [6, 6.07) is 15.1. The van der Waals surface area contributed by atoms with Crippen molar-refractivity contribution in [3.05, 3.63) is 54.1 Å². The number of fused-ring (bicyclic) bond motifs is 1.